The van der Waals surface area contributed by atoms with E-state index >= 15 is 0 Å². The Morgan fingerprint density at radius 1 is 1.30 bits per heavy atom. The Morgan fingerprint density at radius 2 is 2.11 bits per heavy atom. The molecule has 4 rings (SSSR count). The molecule has 1 aliphatic carbocycles. The third kappa shape index (κ3) is 3.62. The topological polar surface area (TPSA) is 57.2 Å². The first-order valence-corrected chi connectivity index (χ1v) is 13.9. The highest BCUT2D eigenvalue weighted by Crippen LogP contribution is 2.43. The van der Waals surface area contributed by atoms with Crippen molar-refractivity contribution in [1.82, 2.24) is 24.4 Å². The van der Waals surface area contributed by atoms with Crippen LogP contribution in [0.3, 0.4) is 0 Å². The van der Waals surface area contributed by atoms with Gasteiger partial charge in [0.2, 0.25) is 0 Å². The number of halogens is 1. The summed E-state index contributed by atoms with van der Waals surface area (Å²) in [7, 11) is -1.06. The molecule has 144 valence electrons. The average Bonchev–Trinajstić information content (AvgIpc) is 3.28. The van der Waals surface area contributed by atoms with Gasteiger partial charge >= 0.3 is 0 Å². The van der Waals surface area contributed by atoms with E-state index in [4.69, 9.17) is 9.84 Å². The fraction of sp³-hybridized carbons (Fsp3) is 0.526. The summed E-state index contributed by atoms with van der Waals surface area (Å²) in [5.74, 6) is 0. The van der Waals surface area contributed by atoms with Gasteiger partial charge in [0.15, 0.2) is 5.65 Å². The summed E-state index contributed by atoms with van der Waals surface area (Å²) in [6.07, 6.45) is 6.00. The highest BCUT2D eigenvalue weighted by atomic mass is 79.9. The van der Waals surface area contributed by atoms with E-state index in [1.54, 1.807) is 0 Å². The standard InChI is InChI=1S/C19H26BrN5OSi/c1-19(15-6-8-24(22-15)13-26-9-10-27(2,3)4)7-5-14-12-21-17-11-16(20)23-25(17)18(14)19/h6,8,11-12H,5,7,9-10,13H2,1-4H3. The molecule has 27 heavy (non-hydrogen) atoms. The van der Waals surface area contributed by atoms with Crippen molar-refractivity contribution < 1.29 is 4.74 Å². The van der Waals surface area contributed by atoms with Gasteiger partial charge in [-0.05, 0) is 53.4 Å². The Bertz CT molecular complexity index is 976. The van der Waals surface area contributed by atoms with E-state index in [1.165, 1.54) is 17.3 Å². The van der Waals surface area contributed by atoms with Crippen LogP contribution in [-0.2, 0) is 23.3 Å². The van der Waals surface area contributed by atoms with Crippen LogP contribution in [-0.4, -0.2) is 39.1 Å². The number of fused-ring (bicyclic) bond motifs is 3. The molecule has 0 N–H and O–H groups in total. The molecule has 0 spiro atoms. The molecule has 3 heterocycles. The van der Waals surface area contributed by atoms with Gasteiger partial charge in [0.05, 0.1) is 16.8 Å². The molecule has 0 amide bonds. The van der Waals surface area contributed by atoms with Gasteiger partial charge in [0.25, 0.3) is 0 Å². The van der Waals surface area contributed by atoms with Gasteiger partial charge in [-0.1, -0.05) is 19.6 Å². The molecule has 0 bridgehead atoms. The minimum absolute atomic E-state index is 0.175. The van der Waals surface area contributed by atoms with Gasteiger partial charge in [-0.2, -0.15) is 10.2 Å². The van der Waals surface area contributed by atoms with Crippen molar-refractivity contribution in [3.05, 3.63) is 46.1 Å². The molecule has 6 nitrogen and oxygen atoms in total. The molecular weight excluding hydrogens is 422 g/mol. The molecule has 0 saturated heterocycles. The Balaban J connectivity index is 1.57. The molecule has 1 unspecified atom stereocenters. The Kier molecular flexibility index (Phi) is 4.76. The molecule has 0 fully saturated rings. The summed E-state index contributed by atoms with van der Waals surface area (Å²) in [4.78, 5) is 4.54. The van der Waals surface area contributed by atoms with Crippen molar-refractivity contribution in [2.75, 3.05) is 6.61 Å². The van der Waals surface area contributed by atoms with Gasteiger partial charge in [-0.3, -0.25) is 0 Å². The summed E-state index contributed by atoms with van der Waals surface area (Å²) in [5.41, 5.74) is 4.20. The maximum Gasteiger partial charge on any atom is 0.156 e. The number of ether oxygens (including phenoxy) is 1. The van der Waals surface area contributed by atoms with Crippen LogP contribution in [0, 0.1) is 0 Å². The third-order valence-electron chi connectivity index (χ3n) is 5.37. The minimum atomic E-state index is -1.06. The number of aromatic nitrogens is 5. The summed E-state index contributed by atoms with van der Waals surface area (Å²) in [6.45, 7) is 10.7. The second-order valence-electron chi connectivity index (χ2n) is 8.79. The molecule has 8 heteroatoms. The lowest BCUT2D eigenvalue weighted by Gasteiger charge is -2.23. The van der Waals surface area contributed by atoms with E-state index in [-0.39, 0.29) is 5.41 Å². The van der Waals surface area contributed by atoms with Crippen molar-refractivity contribution in [2.24, 2.45) is 0 Å². The van der Waals surface area contributed by atoms with Crippen molar-refractivity contribution in [2.45, 2.75) is 57.6 Å². The lowest BCUT2D eigenvalue weighted by atomic mass is 9.84. The highest BCUT2D eigenvalue weighted by Gasteiger charge is 2.41. The van der Waals surface area contributed by atoms with Crippen molar-refractivity contribution in [1.29, 1.82) is 0 Å². The van der Waals surface area contributed by atoms with Crippen LogP contribution in [0.25, 0.3) is 5.65 Å². The van der Waals surface area contributed by atoms with Gasteiger partial charge in [-0.15, -0.1) is 0 Å². The van der Waals surface area contributed by atoms with E-state index < -0.39 is 8.07 Å². The number of hydrogen-bond donors (Lipinski definition) is 0. The minimum Gasteiger partial charge on any atom is -0.360 e. The largest absolute Gasteiger partial charge is 0.360 e. The summed E-state index contributed by atoms with van der Waals surface area (Å²) in [6, 6.07) is 5.23. The van der Waals surface area contributed by atoms with E-state index in [9.17, 15) is 0 Å². The normalized spacial score (nSPS) is 19.7. The smallest absolute Gasteiger partial charge is 0.156 e. The molecule has 0 radical (unpaired) electrons. The average molecular weight is 448 g/mol. The molecule has 1 aliphatic rings. The van der Waals surface area contributed by atoms with Crippen molar-refractivity contribution in [3.8, 4) is 0 Å². The predicted octanol–water partition coefficient (Wildman–Crippen LogP) is 4.25. The first-order chi connectivity index (χ1) is 12.8. The lowest BCUT2D eigenvalue weighted by Crippen LogP contribution is -2.25. The third-order valence-corrected chi connectivity index (χ3v) is 7.46. The monoisotopic (exact) mass is 447 g/mol. The van der Waals surface area contributed by atoms with E-state index in [2.05, 4.69) is 58.6 Å². The SMILES string of the molecule is CC1(c2ccn(COCC[Si](C)(C)C)n2)CCc2cnc3cc(Br)nn3c21. The van der Waals surface area contributed by atoms with Gasteiger partial charge in [0.1, 0.15) is 11.3 Å². The Morgan fingerprint density at radius 3 is 2.89 bits per heavy atom. The first kappa shape index (κ1) is 18.8. The molecule has 0 saturated carbocycles. The van der Waals surface area contributed by atoms with Crippen LogP contribution in [0.4, 0.5) is 0 Å². The maximum atomic E-state index is 5.85. The van der Waals surface area contributed by atoms with Gasteiger partial charge in [-0.25, -0.2) is 14.2 Å². The van der Waals surface area contributed by atoms with E-state index in [0.717, 1.165) is 35.4 Å². The summed E-state index contributed by atoms with van der Waals surface area (Å²) in [5, 5.41) is 9.45. The molecular formula is C19H26BrN5OSi. The van der Waals surface area contributed by atoms with Gasteiger partial charge in [0, 0.05) is 33.1 Å². The zero-order chi connectivity index (χ0) is 19.2. The summed E-state index contributed by atoms with van der Waals surface area (Å²) < 4.78 is 10.5. The van der Waals surface area contributed by atoms with Crippen LogP contribution in [0.5, 0.6) is 0 Å². The Labute approximate surface area is 169 Å². The second kappa shape index (κ2) is 6.83. The second-order valence-corrected chi connectivity index (χ2v) is 15.2. The van der Waals surface area contributed by atoms with Crippen LogP contribution in [0.15, 0.2) is 29.1 Å². The number of aryl methyl sites for hydroxylation is 1. The van der Waals surface area contributed by atoms with Crippen molar-refractivity contribution >= 4 is 29.7 Å². The van der Waals surface area contributed by atoms with Crippen molar-refractivity contribution in [3.63, 3.8) is 0 Å². The molecule has 0 aromatic carbocycles. The highest BCUT2D eigenvalue weighted by molar-refractivity contribution is 9.10. The summed E-state index contributed by atoms with van der Waals surface area (Å²) >= 11 is 3.47. The predicted molar refractivity (Wildman–Crippen MR) is 112 cm³/mol. The fourth-order valence-electron chi connectivity index (χ4n) is 3.73. The Hall–Kier alpha value is -1.51. The maximum absolute atomic E-state index is 5.85. The zero-order valence-corrected chi connectivity index (χ0v) is 19.0. The molecule has 3 aromatic rings. The number of rotatable bonds is 6. The molecule has 1 atom stereocenters. The van der Waals surface area contributed by atoms with Crippen LogP contribution >= 0.6 is 15.9 Å². The van der Waals surface area contributed by atoms with E-state index in [1.807, 2.05) is 27.7 Å². The molecule has 0 aliphatic heterocycles. The van der Waals surface area contributed by atoms with Crippen LogP contribution in [0.1, 0.15) is 30.3 Å². The van der Waals surface area contributed by atoms with Gasteiger partial charge < -0.3 is 4.74 Å². The molecule has 3 aromatic heterocycles. The van der Waals surface area contributed by atoms with E-state index in [0.29, 0.717) is 6.73 Å². The lowest BCUT2D eigenvalue weighted by molar-refractivity contribution is 0.0780. The number of hydrogen-bond acceptors (Lipinski definition) is 4. The quantitative estimate of drug-likeness (QED) is 0.418. The first-order valence-electron chi connectivity index (χ1n) is 9.42. The fourth-order valence-corrected chi connectivity index (χ4v) is 4.85. The van der Waals surface area contributed by atoms with Crippen LogP contribution < -0.4 is 0 Å². The zero-order valence-electron chi connectivity index (χ0n) is 16.4. The van der Waals surface area contributed by atoms with Crippen LogP contribution in [0.2, 0.25) is 25.7 Å². The number of nitrogens with zero attached hydrogens (tertiary/aromatic N) is 5.